The Morgan fingerprint density at radius 1 is 0.484 bits per heavy atom. The Kier molecular flexibility index (Phi) is 50.2. The lowest BCUT2D eigenvalue weighted by Crippen LogP contribution is -2.28. The van der Waals surface area contributed by atoms with Crippen LogP contribution in [-0.2, 0) is 27.9 Å². The minimum atomic E-state index is -4.29. The lowest BCUT2D eigenvalue weighted by atomic mass is 10.1. The number of nitrogens with two attached hydrogens (primary N) is 1. The number of hydrogen-bond donors (Lipinski definition) is 2. The third-order valence-electron chi connectivity index (χ3n) is 11.1. The Labute approximate surface area is 395 Å². The van der Waals surface area contributed by atoms with Crippen molar-refractivity contribution in [3.05, 3.63) is 72.9 Å². The highest BCUT2D eigenvalue weighted by Crippen LogP contribution is 2.43. The number of unbranched alkanes of at least 4 members (excludes halogenated alkanes) is 25. The fourth-order valence-corrected chi connectivity index (χ4v) is 8.02. The van der Waals surface area contributed by atoms with Crippen molar-refractivity contribution in [3.63, 3.8) is 0 Å². The number of phosphoric acid groups is 1. The second-order valence-electron chi connectivity index (χ2n) is 17.4. The summed E-state index contributed by atoms with van der Waals surface area (Å²) in [5.41, 5.74) is 5.39. The molecule has 8 nitrogen and oxygen atoms in total. The van der Waals surface area contributed by atoms with Gasteiger partial charge in [-0.15, -0.1) is 0 Å². The first-order chi connectivity index (χ1) is 31.4. The Bertz CT molecular complexity index is 1210. The Morgan fingerprint density at radius 2 is 0.875 bits per heavy atom. The molecule has 0 rings (SSSR count). The third kappa shape index (κ3) is 50.9. The van der Waals surface area contributed by atoms with Crippen LogP contribution in [0.25, 0.3) is 0 Å². The second-order valence-corrected chi connectivity index (χ2v) is 18.8. The highest BCUT2D eigenvalue weighted by Gasteiger charge is 2.25. The predicted octanol–water partition coefficient (Wildman–Crippen LogP) is 16.6. The summed E-state index contributed by atoms with van der Waals surface area (Å²) in [5, 5.41) is 0. The van der Waals surface area contributed by atoms with E-state index in [0.717, 1.165) is 64.2 Å². The van der Waals surface area contributed by atoms with Gasteiger partial charge in [-0.25, -0.2) is 4.57 Å². The lowest BCUT2D eigenvalue weighted by Gasteiger charge is -2.20. The van der Waals surface area contributed by atoms with Crippen molar-refractivity contribution >= 4 is 13.8 Å². The number of carbonyl (C=O) groups excluding carboxylic acids is 1. The van der Waals surface area contributed by atoms with E-state index in [9.17, 15) is 14.3 Å². The van der Waals surface area contributed by atoms with Crippen LogP contribution in [0, 0.1) is 0 Å². The van der Waals surface area contributed by atoms with Gasteiger partial charge in [0.15, 0.2) is 0 Å². The molecule has 0 saturated carbocycles. The number of phosphoric ester groups is 1. The maximum absolute atomic E-state index is 12.7. The second kappa shape index (κ2) is 51.9. The highest BCUT2D eigenvalue weighted by molar-refractivity contribution is 7.47. The van der Waals surface area contributed by atoms with Crippen LogP contribution in [0.15, 0.2) is 72.9 Å². The van der Waals surface area contributed by atoms with Crippen LogP contribution in [-0.4, -0.2) is 49.9 Å². The fraction of sp³-hybridized carbons (Fsp3) is 0.764. The van der Waals surface area contributed by atoms with Gasteiger partial charge in [0.05, 0.1) is 19.8 Å². The summed E-state index contributed by atoms with van der Waals surface area (Å²) >= 11 is 0. The largest absolute Gasteiger partial charge is 0.472 e. The van der Waals surface area contributed by atoms with Gasteiger partial charge in [-0.1, -0.05) is 215 Å². The minimum absolute atomic E-state index is 0.0965. The van der Waals surface area contributed by atoms with Gasteiger partial charge in [0.2, 0.25) is 0 Å². The van der Waals surface area contributed by atoms with Crippen molar-refractivity contribution in [2.45, 2.75) is 238 Å². The van der Waals surface area contributed by atoms with Crippen LogP contribution < -0.4 is 5.73 Å². The maximum Gasteiger partial charge on any atom is 0.472 e. The molecule has 0 fully saturated rings. The van der Waals surface area contributed by atoms with Crippen LogP contribution in [0.2, 0.25) is 0 Å². The zero-order valence-corrected chi connectivity index (χ0v) is 42.4. The molecule has 0 aromatic rings. The van der Waals surface area contributed by atoms with Gasteiger partial charge >= 0.3 is 13.8 Å². The molecule has 0 aromatic carbocycles. The summed E-state index contributed by atoms with van der Waals surface area (Å²) in [6, 6.07) is 0. The van der Waals surface area contributed by atoms with E-state index in [1.807, 2.05) is 0 Å². The van der Waals surface area contributed by atoms with Gasteiger partial charge in [0, 0.05) is 19.6 Å². The molecular weight excluding hydrogens is 818 g/mol. The molecule has 0 aliphatic heterocycles. The van der Waals surface area contributed by atoms with Crippen molar-refractivity contribution in [2.24, 2.45) is 5.73 Å². The summed E-state index contributed by atoms with van der Waals surface area (Å²) in [4.78, 5) is 22.6. The standard InChI is InChI=1S/C55H100NO7P/c1-3-5-7-9-11-13-15-17-19-21-23-25-26-27-29-31-33-35-37-39-41-43-45-47-50-60-52-54(53-62-64(58,59)61-51-49-56)63-55(57)48-46-44-42-40-38-36-34-32-30-28-24-22-20-18-16-14-12-10-8-6-4-2/h5,7,11,13,16-19,22-25,54H,3-4,6,8-10,12,14-15,20-21,26-53,56H2,1-2H3,(H,58,59)/b7-5-,13-11-,18-16-,19-17-,24-22-,25-23-. The highest BCUT2D eigenvalue weighted by atomic mass is 31.2. The Balaban J connectivity index is 3.95. The molecule has 9 heteroatoms. The first kappa shape index (κ1) is 61.9. The van der Waals surface area contributed by atoms with Gasteiger partial charge in [0.25, 0.3) is 0 Å². The van der Waals surface area contributed by atoms with Gasteiger partial charge in [-0.2, -0.15) is 0 Å². The number of ether oxygens (including phenoxy) is 2. The van der Waals surface area contributed by atoms with E-state index in [0.29, 0.717) is 13.0 Å². The number of esters is 1. The molecule has 0 aliphatic carbocycles. The quantitative estimate of drug-likeness (QED) is 0.0268. The average Bonchev–Trinajstić information content (AvgIpc) is 3.29. The molecule has 372 valence electrons. The van der Waals surface area contributed by atoms with Crippen molar-refractivity contribution in [2.75, 3.05) is 33.0 Å². The molecule has 64 heavy (non-hydrogen) atoms. The maximum atomic E-state index is 12.7. The van der Waals surface area contributed by atoms with Crippen LogP contribution in [0.5, 0.6) is 0 Å². The van der Waals surface area contributed by atoms with E-state index in [4.69, 9.17) is 24.3 Å². The van der Waals surface area contributed by atoms with E-state index >= 15 is 0 Å². The molecule has 0 aromatic heterocycles. The van der Waals surface area contributed by atoms with Crippen LogP contribution in [0.3, 0.4) is 0 Å². The van der Waals surface area contributed by atoms with E-state index in [1.54, 1.807) is 0 Å². The topological polar surface area (TPSA) is 117 Å². The molecule has 0 saturated heterocycles. The number of rotatable bonds is 50. The van der Waals surface area contributed by atoms with Gasteiger partial charge in [0.1, 0.15) is 6.10 Å². The van der Waals surface area contributed by atoms with Crippen molar-refractivity contribution in [3.8, 4) is 0 Å². The van der Waals surface area contributed by atoms with Crippen LogP contribution >= 0.6 is 7.82 Å². The van der Waals surface area contributed by atoms with E-state index in [-0.39, 0.29) is 32.3 Å². The monoisotopic (exact) mass is 918 g/mol. The van der Waals surface area contributed by atoms with Crippen LogP contribution in [0.4, 0.5) is 0 Å². The molecule has 2 atom stereocenters. The zero-order valence-electron chi connectivity index (χ0n) is 41.5. The average molecular weight is 918 g/mol. The molecule has 0 aliphatic rings. The molecule has 0 amide bonds. The molecule has 0 bridgehead atoms. The molecule has 0 heterocycles. The van der Waals surface area contributed by atoms with Crippen LogP contribution in [0.1, 0.15) is 232 Å². The minimum Gasteiger partial charge on any atom is -0.457 e. The first-order valence-electron chi connectivity index (χ1n) is 26.4. The fourth-order valence-electron chi connectivity index (χ4n) is 7.25. The number of carbonyl (C=O) groups is 1. The number of allylic oxidation sites excluding steroid dienone is 12. The Morgan fingerprint density at radius 3 is 1.31 bits per heavy atom. The van der Waals surface area contributed by atoms with E-state index in [2.05, 4.69) is 86.8 Å². The molecule has 2 unspecified atom stereocenters. The summed E-state index contributed by atoms with van der Waals surface area (Å²) in [6.07, 6.45) is 66.5. The van der Waals surface area contributed by atoms with Crippen molar-refractivity contribution in [1.29, 1.82) is 0 Å². The van der Waals surface area contributed by atoms with Gasteiger partial charge < -0.3 is 20.1 Å². The molecule has 0 spiro atoms. The van der Waals surface area contributed by atoms with Gasteiger partial charge in [-0.3, -0.25) is 13.8 Å². The zero-order chi connectivity index (χ0) is 46.5. The smallest absolute Gasteiger partial charge is 0.457 e. The summed E-state index contributed by atoms with van der Waals surface area (Å²) in [6.45, 7) is 4.80. The summed E-state index contributed by atoms with van der Waals surface area (Å²) in [7, 11) is -4.29. The SMILES string of the molecule is CC/C=C\C/C=C\C/C=C\C/C=C\CCCCCCCCCCCCCOCC(COP(=O)(O)OCCN)OC(=O)CCCCCCCCCCC/C=C\C/C=C\CCCCCCC. The van der Waals surface area contributed by atoms with Gasteiger partial charge in [-0.05, 0) is 83.5 Å². The van der Waals surface area contributed by atoms with E-state index < -0.39 is 13.9 Å². The van der Waals surface area contributed by atoms with E-state index in [1.165, 1.54) is 148 Å². The van der Waals surface area contributed by atoms with Crippen molar-refractivity contribution in [1.82, 2.24) is 0 Å². The first-order valence-corrected chi connectivity index (χ1v) is 27.9. The third-order valence-corrected chi connectivity index (χ3v) is 12.1. The Hall–Kier alpha value is -2.06. The predicted molar refractivity (Wildman–Crippen MR) is 275 cm³/mol. The molecular formula is C55H100NO7P. The normalized spacial score (nSPS) is 13.9. The lowest BCUT2D eigenvalue weighted by molar-refractivity contribution is -0.154. The number of hydrogen-bond acceptors (Lipinski definition) is 7. The van der Waals surface area contributed by atoms with Crippen molar-refractivity contribution < 1.29 is 32.8 Å². The summed E-state index contributed by atoms with van der Waals surface area (Å²) in [5.74, 6) is -0.336. The summed E-state index contributed by atoms with van der Waals surface area (Å²) < 4.78 is 33.6. The molecule has 3 N–H and O–H groups in total. The molecule has 0 radical (unpaired) electrons.